The second kappa shape index (κ2) is 8.97. The first-order valence-corrected chi connectivity index (χ1v) is 8.18. The highest BCUT2D eigenvalue weighted by Crippen LogP contribution is 2.02. The molecule has 2 aromatic heterocycles. The third-order valence-corrected chi connectivity index (χ3v) is 3.47. The molecule has 0 aliphatic carbocycles. The Bertz CT molecular complexity index is 598. The average Bonchev–Trinajstić information content (AvgIpc) is 3.13. The number of nitrogens with one attached hydrogen (secondary N) is 2. The van der Waals surface area contributed by atoms with E-state index in [2.05, 4.69) is 45.6 Å². The molecule has 7 heteroatoms. The van der Waals surface area contributed by atoms with Gasteiger partial charge in [-0.2, -0.15) is 5.10 Å². The van der Waals surface area contributed by atoms with E-state index in [0.717, 1.165) is 50.8 Å². The quantitative estimate of drug-likeness (QED) is 0.438. The lowest BCUT2D eigenvalue weighted by molar-refractivity contribution is 0.566. The zero-order valence-electron chi connectivity index (χ0n) is 14.3. The number of rotatable bonds is 8. The van der Waals surface area contributed by atoms with Crippen LogP contribution in [0.25, 0.3) is 0 Å². The zero-order valence-corrected chi connectivity index (χ0v) is 14.3. The van der Waals surface area contributed by atoms with Crippen LogP contribution in [0.5, 0.6) is 0 Å². The molecule has 0 saturated carbocycles. The van der Waals surface area contributed by atoms with Crippen molar-refractivity contribution in [3.63, 3.8) is 0 Å². The molecule has 0 unspecified atom stereocenters. The number of guanidine groups is 1. The molecule has 0 aliphatic heterocycles. The first-order chi connectivity index (χ1) is 11.2. The maximum atomic E-state index is 4.61. The smallest absolute Gasteiger partial charge is 0.191 e. The lowest BCUT2D eigenvalue weighted by Crippen LogP contribution is -2.38. The van der Waals surface area contributed by atoms with Crippen LogP contribution in [0.2, 0.25) is 0 Å². The minimum atomic E-state index is 0.777. The van der Waals surface area contributed by atoms with E-state index >= 15 is 0 Å². The molecule has 2 heterocycles. The summed E-state index contributed by atoms with van der Waals surface area (Å²) in [5.41, 5.74) is 2.28. The Morgan fingerprint density at radius 2 is 2.13 bits per heavy atom. The average molecular weight is 317 g/mol. The maximum Gasteiger partial charge on any atom is 0.191 e. The summed E-state index contributed by atoms with van der Waals surface area (Å²) in [6, 6.07) is 2.10. The maximum absolute atomic E-state index is 4.61. The van der Waals surface area contributed by atoms with E-state index in [4.69, 9.17) is 0 Å². The normalized spacial score (nSPS) is 11.7. The van der Waals surface area contributed by atoms with Crippen molar-refractivity contribution in [3.8, 4) is 0 Å². The number of aryl methyl sites for hydroxylation is 3. The molecule has 2 N–H and O–H groups in total. The summed E-state index contributed by atoms with van der Waals surface area (Å²) in [5.74, 6) is 0.862. The van der Waals surface area contributed by atoms with Gasteiger partial charge in [0, 0.05) is 50.8 Å². The fourth-order valence-corrected chi connectivity index (χ4v) is 2.38. The Hall–Kier alpha value is -2.31. The van der Waals surface area contributed by atoms with Crippen LogP contribution in [0.15, 0.2) is 29.8 Å². The van der Waals surface area contributed by atoms with Gasteiger partial charge in [0.15, 0.2) is 5.96 Å². The summed E-state index contributed by atoms with van der Waals surface area (Å²) >= 11 is 0. The Morgan fingerprint density at radius 1 is 1.26 bits per heavy atom. The molecule has 2 aromatic rings. The monoisotopic (exact) mass is 317 g/mol. The van der Waals surface area contributed by atoms with Crippen LogP contribution in [-0.2, 0) is 13.1 Å². The van der Waals surface area contributed by atoms with Crippen molar-refractivity contribution >= 4 is 5.96 Å². The fraction of sp³-hybridized carbons (Fsp3) is 0.562. The summed E-state index contributed by atoms with van der Waals surface area (Å²) < 4.78 is 4.09. The van der Waals surface area contributed by atoms with Crippen molar-refractivity contribution in [2.75, 3.05) is 19.6 Å². The lowest BCUT2D eigenvalue weighted by Gasteiger charge is -2.11. The molecule has 7 nitrogen and oxygen atoms in total. The molecule has 126 valence electrons. The van der Waals surface area contributed by atoms with Crippen LogP contribution in [-0.4, -0.2) is 44.9 Å². The van der Waals surface area contributed by atoms with Gasteiger partial charge in [0.1, 0.15) is 0 Å². The van der Waals surface area contributed by atoms with E-state index in [1.807, 2.05) is 28.7 Å². The second-order valence-corrected chi connectivity index (χ2v) is 5.49. The van der Waals surface area contributed by atoms with E-state index in [1.54, 1.807) is 6.20 Å². The van der Waals surface area contributed by atoms with Crippen molar-refractivity contribution in [3.05, 3.63) is 36.2 Å². The summed E-state index contributed by atoms with van der Waals surface area (Å²) in [4.78, 5) is 8.65. The molecule has 0 atom stereocenters. The Kier molecular flexibility index (Phi) is 6.65. The molecule has 0 fully saturated rings. The summed E-state index contributed by atoms with van der Waals surface area (Å²) in [6.45, 7) is 10.4. The van der Waals surface area contributed by atoms with Crippen molar-refractivity contribution < 1.29 is 0 Å². The van der Waals surface area contributed by atoms with Gasteiger partial charge in [0.25, 0.3) is 0 Å². The van der Waals surface area contributed by atoms with E-state index in [0.29, 0.717) is 0 Å². The predicted molar refractivity (Wildman–Crippen MR) is 92.5 cm³/mol. The highest BCUT2D eigenvalue weighted by atomic mass is 15.3. The van der Waals surface area contributed by atoms with Crippen molar-refractivity contribution in [1.82, 2.24) is 30.0 Å². The number of hydrogen-bond donors (Lipinski definition) is 2. The van der Waals surface area contributed by atoms with Gasteiger partial charge in [-0.1, -0.05) is 0 Å². The Labute approximate surface area is 137 Å². The molecule has 23 heavy (non-hydrogen) atoms. The molecule has 0 bridgehead atoms. The summed E-state index contributed by atoms with van der Waals surface area (Å²) in [7, 11) is 0. The molecule has 0 amide bonds. The van der Waals surface area contributed by atoms with Crippen molar-refractivity contribution in [2.45, 2.75) is 40.3 Å². The Balaban J connectivity index is 1.73. The number of hydrogen-bond acceptors (Lipinski definition) is 3. The van der Waals surface area contributed by atoms with Gasteiger partial charge in [-0.25, -0.2) is 4.98 Å². The van der Waals surface area contributed by atoms with E-state index in [9.17, 15) is 0 Å². The third-order valence-electron chi connectivity index (χ3n) is 3.47. The molecule has 0 aromatic carbocycles. The first kappa shape index (κ1) is 17.1. The topological polar surface area (TPSA) is 72.1 Å². The van der Waals surface area contributed by atoms with Gasteiger partial charge in [0.2, 0.25) is 0 Å². The van der Waals surface area contributed by atoms with Gasteiger partial charge in [-0.3, -0.25) is 9.67 Å². The summed E-state index contributed by atoms with van der Waals surface area (Å²) in [5, 5.41) is 11.1. The largest absolute Gasteiger partial charge is 0.357 e. The first-order valence-electron chi connectivity index (χ1n) is 8.18. The Morgan fingerprint density at radius 3 is 2.78 bits per heavy atom. The molecular formula is C16H27N7. The number of imidazole rings is 1. The lowest BCUT2D eigenvalue weighted by atomic mass is 10.4. The molecule has 2 rings (SSSR count). The van der Waals surface area contributed by atoms with Crippen molar-refractivity contribution in [2.24, 2.45) is 4.99 Å². The minimum absolute atomic E-state index is 0.777. The highest BCUT2D eigenvalue weighted by molar-refractivity contribution is 5.79. The third kappa shape index (κ3) is 5.77. The van der Waals surface area contributed by atoms with Crippen LogP contribution in [0.4, 0.5) is 0 Å². The fourth-order valence-electron chi connectivity index (χ4n) is 2.38. The molecule has 0 aliphatic rings. The van der Waals surface area contributed by atoms with Gasteiger partial charge in [-0.15, -0.1) is 0 Å². The van der Waals surface area contributed by atoms with Gasteiger partial charge in [-0.05, 0) is 33.3 Å². The van der Waals surface area contributed by atoms with Crippen LogP contribution < -0.4 is 10.6 Å². The summed E-state index contributed by atoms with van der Waals surface area (Å²) in [6.07, 6.45) is 6.54. The van der Waals surface area contributed by atoms with Gasteiger partial charge < -0.3 is 15.2 Å². The predicted octanol–water partition coefficient (Wildman–Crippen LogP) is 1.34. The van der Waals surface area contributed by atoms with E-state index < -0.39 is 0 Å². The number of aromatic nitrogens is 4. The number of aliphatic imine (C=N–C) groups is 1. The van der Waals surface area contributed by atoms with Crippen LogP contribution in [0, 0.1) is 13.8 Å². The SMILES string of the molecule is CCNC(=NCCCn1nc(C)cc1C)NCCn1ccnc1. The minimum Gasteiger partial charge on any atom is -0.357 e. The van der Waals surface area contributed by atoms with Gasteiger partial charge >= 0.3 is 0 Å². The number of nitrogens with zero attached hydrogens (tertiary/aromatic N) is 5. The van der Waals surface area contributed by atoms with Crippen LogP contribution >= 0.6 is 0 Å². The second-order valence-electron chi connectivity index (χ2n) is 5.49. The zero-order chi connectivity index (χ0) is 16.5. The molecular weight excluding hydrogens is 290 g/mol. The highest BCUT2D eigenvalue weighted by Gasteiger charge is 2.01. The van der Waals surface area contributed by atoms with E-state index in [-0.39, 0.29) is 0 Å². The van der Waals surface area contributed by atoms with Crippen molar-refractivity contribution in [1.29, 1.82) is 0 Å². The van der Waals surface area contributed by atoms with Crippen LogP contribution in [0.1, 0.15) is 24.7 Å². The molecule has 0 spiro atoms. The van der Waals surface area contributed by atoms with E-state index in [1.165, 1.54) is 5.69 Å². The van der Waals surface area contributed by atoms with Crippen LogP contribution in [0.3, 0.4) is 0 Å². The van der Waals surface area contributed by atoms with Gasteiger partial charge in [0.05, 0.1) is 12.0 Å². The standard InChI is InChI=1S/C16H27N7/c1-4-18-16(20-8-11-22-10-7-17-13-22)19-6-5-9-23-15(3)12-14(2)21-23/h7,10,12-13H,4-6,8-9,11H2,1-3H3,(H2,18,19,20). The molecule has 0 saturated heterocycles. The molecule has 0 radical (unpaired) electrons.